The van der Waals surface area contributed by atoms with Gasteiger partial charge in [0.1, 0.15) is 5.82 Å². The second-order valence-electron chi connectivity index (χ2n) is 7.36. The molecule has 0 aromatic carbocycles. The van der Waals surface area contributed by atoms with Gasteiger partial charge in [-0.1, -0.05) is 0 Å². The number of hydrogen-bond donors (Lipinski definition) is 1. The van der Waals surface area contributed by atoms with Crippen LogP contribution in [-0.2, 0) is 29.5 Å². The summed E-state index contributed by atoms with van der Waals surface area (Å²) in [6.07, 6.45) is 8.69. The molecule has 1 N–H and O–H groups in total. The summed E-state index contributed by atoms with van der Waals surface area (Å²) in [6.45, 7) is 4.71. The van der Waals surface area contributed by atoms with Gasteiger partial charge in [-0.3, -0.25) is 14.8 Å². The Balaban J connectivity index is 1.42. The molecule has 1 amide bonds. The Kier molecular flexibility index (Phi) is 5.03. The van der Waals surface area contributed by atoms with Gasteiger partial charge in [0.15, 0.2) is 0 Å². The number of nitrogens with zero attached hydrogens (tertiary/aromatic N) is 5. The molecule has 2 atom stereocenters. The van der Waals surface area contributed by atoms with Crippen molar-refractivity contribution in [3.05, 3.63) is 36.2 Å². The summed E-state index contributed by atoms with van der Waals surface area (Å²) in [5.74, 6) is 1.62. The molecule has 2 aliphatic rings. The van der Waals surface area contributed by atoms with Gasteiger partial charge in [-0.15, -0.1) is 0 Å². The summed E-state index contributed by atoms with van der Waals surface area (Å²) in [5.41, 5.74) is 1.07. The number of amides is 1. The fraction of sp³-hybridized carbons (Fsp3) is 0.611. The number of rotatable bonds is 5. The second-order valence-corrected chi connectivity index (χ2v) is 7.36. The largest absolute Gasteiger partial charge is 0.379 e. The predicted octanol–water partition coefficient (Wildman–Crippen LogP) is 0.435. The smallest absolute Gasteiger partial charge is 0.223 e. The quantitative estimate of drug-likeness (QED) is 0.839. The zero-order valence-electron chi connectivity index (χ0n) is 15.2. The molecular formula is C18H26N6O2. The van der Waals surface area contributed by atoms with Crippen LogP contribution in [0.3, 0.4) is 0 Å². The first-order chi connectivity index (χ1) is 12.7. The highest BCUT2D eigenvalue weighted by Crippen LogP contribution is 2.22. The minimum absolute atomic E-state index is 0.111. The zero-order chi connectivity index (χ0) is 17.9. The lowest BCUT2D eigenvalue weighted by Gasteiger charge is -2.31. The summed E-state index contributed by atoms with van der Waals surface area (Å²) < 4.78 is 7.90. The summed E-state index contributed by atoms with van der Waals surface area (Å²) in [4.78, 5) is 21.8. The number of carbonyl (C=O) groups is 1. The molecular weight excluding hydrogens is 332 g/mol. The van der Waals surface area contributed by atoms with Gasteiger partial charge in [-0.25, -0.2) is 4.98 Å². The highest BCUT2D eigenvalue weighted by atomic mass is 16.5. The Morgan fingerprint density at radius 2 is 2.27 bits per heavy atom. The number of imidazole rings is 1. The molecule has 2 bridgehead atoms. The van der Waals surface area contributed by atoms with Crippen LogP contribution in [0.25, 0.3) is 0 Å². The molecule has 2 fully saturated rings. The van der Waals surface area contributed by atoms with Gasteiger partial charge in [0.25, 0.3) is 0 Å². The highest BCUT2D eigenvalue weighted by molar-refractivity contribution is 5.77. The summed E-state index contributed by atoms with van der Waals surface area (Å²) >= 11 is 0. The molecule has 8 heteroatoms. The van der Waals surface area contributed by atoms with Crippen LogP contribution < -0.4 is 0 Å². The number of H-pyrrole nitrogens is 1. The molecule has 4 rings (SSSR count). The lowest BCUT2D eigenvalue weighted by Crippen LogP contribution is -2.46. The topological polar surface area (TPSA) is 79.3 Å². The Labute approximate surface area is 153 Å². The third-order valence-corrected chi connectivity index (χ3v) is 5.33. The molecule has 140 valence electrons. The minimum atomic E-state index is 0.111. The van der Waals surface area contributed by atoms with Crippen LogP contribution in [-0.4, -0.2) is 74.3 Å². The van der Waals surface area contributed by atoms with Crippen molar-refractivity contribution in [1.82, 2.24) is 29.5 Å². The van der Waals surface area contributed by atoms with E-state index >= 15 is 0 Å². The molecule has 0 aliphatic carbocycles. The van der Waals surface area contributed by atoms with Crippen molar-refractivity contribution in [2.24, 2.45) is 13.0 Å². The summed E-state index contributed by atoms with van der Waals surface area (Å²) in [6, 6.07) is 0.111. The van der Waals surface area contributed by atoms with Crippen LogP contribution in [0.15, 0.2) is 24.8 Å². The van der Waals surface area contributed by atoms with E-state index in [4.69, 9.17) is 4.74 Å². The van der Waals surface area contributed by atoms with Gasteiger partial charge in [-0.05, 0) is 12.0 Å². The predicted molar refractivity (Wildman–Crippen MR) is 95.2 cm³/mol. The molecule has 4 heterocycles. The van der Waals surface area contributed by atoms with Gasteiger partial charge in [0, 0.05) is 57.6 Å². The molecule has 0 unspecified atom stereocenters. The fourth-order valence-corrected chi connectivity index (χ4v) is 3.93. The molecule has 8 nitrogen and oxygen atoms in total. The van der Waals surface area contributed by atoms with Crippen LogP contribution in [0.2, 0.25) is 0 Å². The number of ether oxygens (including phenoxy) is 1. The van der Waals surface area contributed by atoms with E-state index < -0.39 is 0 Å². The number of hydrogen-bond acceptors (Lipinski definition) is 5. The van der Waals surface area contributed by atoms with E-state index in [0.717, 1.165) is 50.6 Å². The first-order valence-corrected chi connectivity index (χ1v) is 9.22. The average Bonchev–Trinajstić information content (AvgIpc) is 3.17. The molecule has 26 heavy (non-hydrogen) atoms. The number of aromatic amines is 1. The number of aromatic nitrogens is 4. The Morgan fingerprint density at radius 1 is 1.35 bits per heavy atom. The van der Waals surface area contributed by atoms with E-state index in [0.29, 0.717) is 18.9 Å². The van der Waals surface area contributed by atoms with Crippen molar-refractivity contribution in [2.45, 2.75) is 25.4 Å². The van der Waals surface area contributed by atoms with Crippen molar-refractivity contribution in [3.8, 4) is 0 Å². The molecule has 2 aromatic heterocycles. The maximum Gasteiger partial charge on any atom is 0.223 e. The van der Waals surface area contributed by atoms with Crippen molar-refractivity contribution in [1.29, 1.82) is 0 Å². The summed E-state index contributed by atoms with van der Waals surface area (Å²) in [7, 11) is 2.02. The van der Waals surface area contributed by atoms with Crippen molar-refractivity contribution < 1.29 is 9.53 Å². The van der Waals surface area contributed by atoms with Gasteiger partial charge >= 0.3 is 0 Å². The van der Waals surface area contributed by atoms with E-state index in [9.17, 15) is 4.79 Å². The number of carbonyl (C=O) groups excluding carboxylic acids is 1. The van der Waals surface area contributed by atoms with Gasteiger partial charge < -0.3 is 14.2 Å². The minimum Gasteiger partial charge on any atom is -0.379 e. The number of aryl methyl sites for hydroxylation is 2. The molecule has 0 radical (unpaired) electrons. The zero-order valence-corrected chi connectivity index (χ0v) is 15.2. The fourth-order valence-electron chi connectivity index (χ4n) is 3.93. The Bertz CT molecular complexity index is 728. The van der Waals surface area contributed by atoms with Gasteiger partial charge in [-0.2, -0.15) is 5.10 Å². The molecule has 0 saturated carbocycles. The number of nitrogens with one attached hydrogen (secondary N) is 1. The van der Waals surface area contributed by atoms with Crippen LogP contribution in [0.1, 0.15) is 17.8 Å². The van der Waals surface area contributed by atoms with Crippen LogP contribution in [0.4, 0.5) is 0 Å². The molecule has 0 spiro atoms. The van der Waals surface area contributed by atoms with Crippen LogP contribution in [0.5, 0.6) is 0 Å². The first kappa shape index (κ1) is 17.2. The highest BCUT2D eigenvalue weighted by Gasteiger charge is 2.35. The van der Waals surface area contributed by atoms with Crippen molar-refractivity contribution in [3.63, 3.8) is 0 Å². The van der Waals surface area contributed by atoms with Crippen molar-refractivity contribution in [2.75, 3.05) is 32.8 Å². The second kappa shape index (κ2) is 7.59. The third-order valence-electron chi connectivity index (χ3n) is 5.33. The third kappa shape index (κ3) is 3.81. The van der Waals surface area contributed by atoms with E-state index in [1.807, 2.05) is 25.6 Å². The maximum absolute atomic E-state index is 12.9. The summed E-state index contributed by atoms with van der Waals surface area (Å²) in [5, 5.41) is 6.75. The van der Waals surface area contributed by atoms with E-state index in [1.165, 1.54) is 0 Å². The first-order valence-electron chi connectivity index (χ1n) is 9.22. The maximum atomic E-state index is 12.9. The lowest BCUT2D eigenvalue weighted by molar-refractivity contribution is -0.133. The molecule has 2 aromatic rings. The van der Waals surface area contributed by atoms with Crippen LogP contribution >= 0.6 is 0 Å². The van der Waals surface area contributed by atoms with E-state index in [2.05, 4.69) is 29.5 Å². The normalized spacial score (nSPS) is 23.8. The average molecular weight is 358 g/mol. The Morgan fingerprint density at radius 3 is 3.04 bits per heavy atom. The van der Waals surface area contributed by atoms with Gasteiger partial charge in [0.2, 0.25) is 5.91 Å². The lowest BCUT2D eigenvalue weighted by atomic mass is 10.1. The van der Waals surface area contributed by atoms with Crippen molar-refractivity contribution >= 4 is 5.91 Å². The molecule has 2 aliphatic heterocycles. The SMILES string of the molecule is Cn1ccnc1CN1C[C@@H]2COC[C@H](C1)N(C(=O)CCc1cn[nH]c1)C2. The molecule has 2 saturated heterocycles. The van der Waals surface area contributed by atoms with Crippen LogP contribution in [0, 0.1) is 5.92 Å². The van der Waals surface area contributed by atoms with E-state index in [1.54, 1.807) is 6.20 Å². The Hall–Kier alpha value is -2.19. The monoisotopic (exact) mass is 358 g/mol. The van der Waals surface area contributed by atoms with E-state index in [-0.39, 0.29) is 11.9 Å². The number of fused-ring (bicyclic) bond motifs is 3. The standard InChI is InChI=1S/C18H26N6O2/c1-22-5-4-19-17(22)11-23-8-15-9-24(16(10-23)13-26-12-15)18(25)3-2-14-6-20-21-7-14/h4-7,15-16H,2-3,8-13H2,1H3,(H,20,21)/t15-,16-/m0/s1. The van der Waals surface area contributed by atoms with Gasteiger partial charge in [0.05, 0.1) is 32.0 Å².